The Kier molecular flexibility index (Phi) is 5.02. The number of thioether (sulfide) groups is 1. The van der Waals surface area contributed by atoms with E-state index in [1.807, 2.05) is 67.6 Å². The molecule has 0 radical (unpaired) electrons. The number of benzene rings is 2. The predicted molar refractivity (Wildman–Crippen MR) is 103 cm³/mol. The van der Waals surface area contributed by atoms with E-state index in [0.717, 1.165) is 16.9 Å². The van der Waals surface area contributed by atoms with E-state index in [-0.39, 0.29) is 11.9 Å². The average Bonchev–Trinajstić information content (AvgIpc) is 2.89. The van der Waals surface area contributed by atoms with E-state index in [4.69, 9.17) is 17.0 Å². The SMILES string of the molecule is COc1ccccc1/C=C1\SC(=S)N([C@@H](C)c2ccccc2)C1=O. The molecule has 3 nitrogen and oxygen atoms in total. The molecule has 0 N–H and O–H groups in total. The highest BCUT2D eigenvalue weighted by Gasteiger charge is 2.35. The Hall–Kier alpha value is -2.11. The van der Waals surface area contributed by atoms with Crippen molar-refractivity contribution < 1.29 is 9.53 Å². The zero-order valence-corrected chi connectivity index (χ0v) is 15.1. The Morgan fingerprint density at radius 2 is 1.79 bits per heavy atom. The Balaban J connectivity index is 1.90. The van der Waals surface area contributed by atoms with Crippen LogP contribution in [0.15, 0.2) is 59.5 Å². The van der Waals surface area contributed by atoms with Crippen LogP contribution >= 0.6 is 24.0 Å². The zero-order chi connectivity index (χ0) is 17.1. The van der Waals surface area contributed by atoms with Crippen LogP contribution in [-0.2, 0) is 4.79 Å². The number of para-hydroxylation sites is 1. The largest absolute Gasteiger partial charge is 0.496 e. The van der Waals surface area contributed by atoms with Gasteiger partial charge in [-0.05, 0) is 24.6 Å². The van der Waals surface area contributed by atoms with Crippen LogP contribution in [0.2, 0.25) is 0 Å². The molecule has 2 aromatic carbocycles. The number of rotatable bonds is 4. The van der Waals surface area contributed by atoms with Gasteiger partial charge >= 0.3 is 0 Å². The van der Waals surface area contributed by atoms with Crippen molar-refractivity contribution in [3.63, 3.8) is 0 Å². The van der Waals surface area contributed by atoms with E-state index in [0.29, 0.717) is 9.23 Å². The van der Waals surface area contributed by atoms with E-state index in [1.54, 1.807) is 12.0 Å². The molecule has 2 aromatic rings. The normalized spacial score (nSPS) is 17.4. The molecule has 1 aliphatic rings. The molecule has 3 rings (SSSR count). The van der Waals surface area contributed by atoms with Crippen molar-refractivity contribution in [2.24, 2.45) is 0 Å². The molecule has 1 saturated heterocycles. The second-order valence-electron chi connectivity index (χ2n) is 5.38. The van der Waals surface area contributed by atoms with Crippen LogP contribution in [0.3, 0.4) is 0 Å². The average molecular weight is 355 g/mol. The summed E-state index contributed by atoms with van der Waals surface area (Å²) in [6.45, 7) is 1.99. The van der Waals surface area contributed by atoms with Crippen LogP contribution in [-0.4, -0.2) is 22.2 Å². The molecule has 1 atom stereocenters. The van der Waals surface area contributed by atoms with Crippen molar-refractivity contribution >= 4 is 40.3 Å². The van der Waals surface area contributed by atoms with Gasteiger partial charge in [-0.3, -0.25) is 9.69 Å². The van der Waals surface area contributed by atoms with E-state index >= 15 is 0 Å². The first-order valence-corrected chi connectivity index (χ1v) is 8.79. The maximum Gasteiger partial charge on any atom is 0.266 e. The molecule has 0 unspecified atom stereocenters. The number of amides is 1. The van der Waals surface area contributed by atoms with E-state index in [9.17, 15) is 4.79 Å². The van der Waals surface area contributed by atoms with Crippen LogP contribution in [0.4, 0.5) is 0 Å². The van der Waals surface area contributed by atoms with E-state index < -0.39 is 0 Å². The summed E-state index contributed by atoms with van der Waals surface area (Å²) in [6, 6.07) is 17.4. The highest BCUT2D eigenvalue weighted by Crippen LogP contribution is 2.38. The topological polar surface area (TPSA) is 29.5 Å². The highest BCUT2D eigenvalue weighted by molar-refractivity contribution is 8.26. The Bertz CT molecular complexity index is 802. The first-order chi connectivity index (χ1) is 11.6. The van der Waals surface area contributed by atoms with Crippen LogP contribution in [0, 0.1) is 0 Å². The van der Waals surface area contributed by atoms with Gasteiger partial charge < -0.3 is 4.74 Å². The van der Waals surface area contributed by atoms with Gasteiger partial charge in [0.15, 0.2) is 0 Å². The molecular formula is C19H17NO2S2. The molecule has 1 fully saturated rings. The Morgan fingerprint density at radius 3 is 2.50 bits per heavy atom. The van der Waals surface area contributed by atoms with Crippen LogP contribution in [0.5, 0.6) is 5.75 Å². The quantitative estimate of drug-likeness (QED) is 0.589. The summed E-state index contributed by atoms with van der Waals surface area (Å²) in [5.74, 6) is 0.672. The number of ether oxygens (including phenoxy) is 1. The highest BCUT2D eigenvalue weighted by atomic mass is 32.2. The van der Waals surface area contributed by atoms with Gasteiger partial charge in [-0.2, -0.15) is 0 Å². The second-order valence-corrected chi connectivity index (χ2v) is 7.06. The van der Waals surface area contributed by atoms with E-state index in [2.05, 4.69) is 0 Å². The minimum absolute atomic E-state index is 0.0627. The third kappa shape index (κ3) is 3.23. The Morgan fingerprint density at radius 1 is 1.12 bits per heavy atom. The first-order valence-electron chi connectivity index (χ1n) is 7.57. The molecule has 0 aromatic heterocycles. The summed E-state index contributed by atoms with van der Waals surface area (Å²) in [4.78, 5) is 15.1. The van der Waals surface area contributed by atoms with Crippen LogP contribution < -0.4 is 4.74 Å². The number of hydrogen-bond donors (Lipinski definition) is 0. The zero-order valence-electron chi connectivity index (χ0n) is 13.4. The fourth-order valence-electron chi connectivity index (χ4n) is 2.62. The molecule has 1 aliphatic heterocycles. The molecule has 24 heavy (non-hydrogen) atoms. The van der Waals surface area contributed by atoms with E-state index in [1.165, 1.54) is 11.8 Å². The lowest BCUT2D eigenvalue weighted by molar-refractivity contribution is -0.123. The summed E-state index contributed by atoms with van der Waals surface area (Å²) in [7, 11) is 1.62. The smallest absolute Gasteiger partial charge is 0.266 e. The van der Waals surface area contributed by atoms with Gasteiger partial charge in [-0.15, -0.1) is 0 Å². The lowest BCUT2D eigenvalue weighted by Crippen LogP contribution is -2.30. The number of thiocarbonyl (C=S) groups is 1. The minimum atomic E-state index is -0.0951. The summed E-state index contributed by atoms with van der Waals surface area (Å²) in [5, 5.41) is 0. The maximum absolute atomic E-state index is 12.8. The number of nitrogens with zero attached hydrogens (tertiary/aromatic N) is 1. The van der Waals surface area contributed by atoms with Crippen molar-refractivity contribution in [3.05, 3.63) is 70.6 Å². The third-order valence-corrected chi connectivity index (χ3v) is 5.25. The fraction of sp³-hybridized carbons (Fsp3) is 0.158. The number of carbonyl (C=O) groups excluding carboxylic acids is 1. The van der Waals surface area contributed by atoms with Crippen molar-refractivity contribution in [2.75, 3.05) is 7.11 Å². The fourth-order valence-corrected chi connectivity index (χ4v) is 4.03. The number of hydrogen-bond acceptors (Lipinski definition) is 4. The lowest BCUT2D eigenvalue weighted by Gasteiger charge is -2.23. The predicted octanol–water partition coefficient (Wildman–Crippen LogP) is 4.66. The second kappa shape index (κ2) is 7.20. The number of methoxy groups -OCH3 is 1. The Labute approximate surface area is 151 Å². The van der Waals surface area contributed by atoms with Gasteiger partial charge in [0, 0.05) is 5.56 Å². The van der Waals surface area contributed by atoms with Gasteiger partial charge in [0.2, 0.25) is 0 Å². The van der Waals surface area contributed by atoms with Gasteiger partial charge in [0.1, 0.15) is 10.1 Å². The van der Waals surface area contributed by atoms with Gasteiger partial charge in [-0.1, -0.05) is 72.5 Å². The number of carbonyl (C=O) groups is 1. The van der Waals surface area contributed by atoms with Crippen molar-refractivity contribution in [2.45, 2.75) is 13.0 Å². The molecule has 0 saturated carbocycles. The molecule has 0 bridgehead atoms. The maximum atomic E-state index is 12.8. The molecule has 1 heterocycles. The van der Waals surface area contributed by atoms with Crippen LogP contribution in [0.1, 0.15) is 24.1 Å². The molecule has 5 heteroatoms. The standard InChI is InChI=1S/C19H17NO2S2/c1-13(14-8-4-3-5-9-14)20-18(21)17(24-19(20)23)12-15-10-6-7-11-16(15)22-2/h3-13H,1-2H3/b17-12-/t13-/m0/s1. The first kappa shape index (κ1) is 16.7. The van der Waals surface area contributed by atoms with Gasteiger partial charge in [0.25, 0.3) is 5.91 Å². The third-order valence-electron chi connectivity index (χ3n) is 3.92. The monoisotopic (exact) mass is 355 g/mol. The van der Waals surface area contributed by atoms with Gasteiger partial charge in [0.05, 0.1) is 18.1 Å². The van der Waals surface area contributed by atoms with Crippen molar-refractivity contribution in [1.29, 1.82) is 0 Å². The molecule has 1 amide bonds. The van der Waals surface area contributed by atoms with Gasteiger partial charge in [-0.25, -0.2) is 0 Å². The molecule has 0 aliphatic carbocycles. The van der Waals surface area contributed by atoms with Crippen LogP contribution in [0.25, 0.3) is 6.08 Å². The summed E-state index contributed by atoms with van der Waals surface area (Å²) >= 11 is 6.78. The molecule has 0 spiro atoms. The molecule has 122 valence electrons. The summed E-state index contributed by atoms with van der Waals surface area (Å²) < 4.78 is 5.93. The summed E-state index contributed by atoms with van der Waals surface area (Å²) in [6.07, 6.45) is 1.84. The molecular weight excluding hydrogens is 338 g/mol. The van der Waals surface area contributed by atoms with Crippen molar-refractivity contribution in [1.82, 2.24) is 4.90 Å². The lowest BCUT2D eigenvalue weighted by atomic mass is 10.1. The summed E-state index contributed by atoms with van der Waals surface area (Å²) in [5.41, 5.74) is 1.93. The van der Waals surface area contributed by atoms with Crippen molar-refractivity contribution in [3.8, 4) is 5.75 Å². The minimum Gasteiger partial charge on any atom is -0.496 e.